The quantitative estimate of drug-likeness (QED) is 0.665. The first kappa shape index (κ1) is 10.1. The lowest BCUT2D eigenvalue weighted by atomic mass is 10.1. The smallest absolute Gasteiger partial charge is 0.230 e. The van der Waals surface area contributed by atoms with E-state index in [1.54, 1.807) is 0 Å². The van der Waals surface area contributed by atoms with Crippen molar-refractivity contribution in [3.63, 3.8) is 0 Å². The minimum absolute atomic E-state index is 0.191. The highest BCUT2D eigenvalue weighted by Crippen LogP contribution is 2.46. The molecule has 0 aromatic rings. The lowest BCUT2D eigenvalue weighted by Gasteiger charge is -2.29. The molecule has 2 fully saturated rings. The average molecular weight is 216 g/mol. The third-order valence-corrected chi connectivity index (χ3v) is 4.44. The van der Waals surface area contributed by atoms with E-state index in [9.17, 15) is 9.00 Å². The van der Waals surface area contributed by atoms with Crippen LogP contribution in [-0.4, -0.2) is 46.2 Å². The Morgan fingerprint density at radius 3 is 2.36 bits per heavy atom. The third kappa shape index (κ3) is 1.70. The molecular weight excluding hydrogens is 200 g/mol. The van der Waals surface area contributed by atoms with E-state index in [-0.39, 0.29) is 11.3 Å². The monoisotopic (exact) mass is 216 g/mol. The molecule has 1 saturated carbocycles. The van der Waals surface area contributed by atoms with Crippen molar-refractivity contribution >= 4 is 16.7 Å². The normalized spacial score (nSPS) is 26.2. The Morgan fingerprint density at radius 2 is 1.93 bits per heavy atom. The molecular formula is C9H16N2O2S. The number of hydrogen-bond acceptors (Lipinski definition) is 3. The van der Waals surface area contributed by atoms with Crippen LogP contribution in [0.4, 0.5) is 0 Å². The van der Waals surface area contributed by atoms with Crippen molar-refractivity contribution in [2.24, 2.45) is 11.1 Å². The van der Waals surface area contributed by atoms with Gasteiger partial charge in [0.1, 0.15) is 0 Å². The van der Waals surface area contributed by atoms with Crippen LogP contribution in [0.2, 0.25) is 0 Å². The zero-order valence-electron chi connectivity index (χ0n) is 8.20. The summed E-state index contributed by atoms with van der Waals surface area (Å²) in [5.74, 6) is 1.45. The maximum Gasteiger partial charge on any atom is 0.230 e. The van der Waals surface area contributed by atoms with Gasteiger partial charge in [-0.3, -0.25) is 9.00 Å². The highest BCUT2D eigenvalue weighted by atomic mass is 32.2. The first-order valence-corrected chi connectivity index (χ1v) is 6.51. The van der Waals surface area contributed by atoms with E-state index in [1.807, 2.05) is 4.90 Å². The van der Waals surface area contributed by atoms with Crippen LogP contribution in [0.1, 0.15) is 12.8 Å². The van der Waals surface area contributed by atoms with Crippen molar-refractivity contribution in [3.8, 4) is 0 Å². The van der Waals surface area contributed by atoms with Gasteiger partial charge in [0.05, 0.1) is 5.41 Å². The molecule has 0 unspecified atom stereocenters. The number of nitrogens with two attached hydrogens (primary N) is 1. The van der Waals surface area contributed by atoms with E-state index in [2.05, 4.69) is 0 Å². The maximum absolute atomic E-state index is 12.0. The Hall–Kier alpha value is -0.420. The molecule has 0 aromatic heterocycles. The van der Waals surface area contributed by atoms with E-state index < -0.39 is 10.8 Å². The molecule has 5 heteroatoms. The Labute approximate surface area is 86.3 Å². The molecule has 1 aliphatic carbocycles. The van der Waals surface area contributed by atoms with Crippen molar-refractivity contribution in [2.45, 2.75) is 12.8 Å². The van der Waals surface area contributed by atoms with Crippen molar-refractivity contribution < 1.29 is 9.00 Å². The summed E-state index contributed by atoms with van der Waals surface area (Å²) in [6.07, 6.45) is 1.86. The molecule has 1 aliphatic heterocycles. The molecule has 0 aromatic carbocycles. The molecule has 14 heavy (non-hydrogen) atoms. The third-order valence-electron chi connectivity index (χ3n) is 3.16. The van der Waals surface area contributed by atoms with Gasteiger partial charge in [0.15, 0.2) is 0 Å². The molecule has 0 radical (unpaired) electrons. The Morgan fingerprint density at radius 1 is 1.36 bits per heavy atom. The van der Waals surface area contributed by atoms with Gasteiger partial charge in [0.2, 0.25) is 5.91 Å². The van der Waals surface area contributed by atoms with Crippen LogP contribution in [0, 0.1) is 5.41 Å². The summed E-state index contributed by atoms with van der Waals surface area (Å²) in [7, 11) is -0.711. The minimum Gasteiger partial charge on any atom is -0.340 e. The summed E-state index contributed by atoms with van der Waals surface area (Å²) in [5.41, 5.74) is 5.36. The van der Waals surface area contributed by atoms with Gasteiger partial charge in [-0.05, 0) is 12.8 Å². The Kier molecular flexibility index (Phi) is 2.62. The van der Waals surface area contributed by atoms with Crippen LogP contribution in [0.15, 0.2) is 0 Å². The SMILES string of the molecule is NCC1(C(=O)N2CCS(=O)CC2)CC1. The highest BCUT2D eigenvalue weighted by molar-refractivity contribution is 7.85. The second kappa shape index (κ2) is 3.62. The van der Waals surface area contributed by atoms with Crippen LogP contribution in [0.25, 0.3) is 0 Å². The molecule has 2 aliphatic rings. The van der Waals surface area contributed by atoms with Crippen molar-refractivity contribution in [1.82, 2.24) is 4.90 Å². The Balaban J connectivity index is 1.95. The van der Waals surface area contributed by atoms with Gasteiger partial charge in [-0.15, -0.1) is 0 Å². The number of amides is 1. The fourth-order valence-electron chi connectivity index (χ4n) is 1.83. The summed E-state index contributed by atoms with van der Waals surface area (Å²) in [5, 5.41) is 0. The predicted molar refractivity (Wildman–Crippen MR) is 55.2 cm³/mol. The lowest BCUT2D eigenvalue weighted by molar-refractivity contribution is -0.136. The predicted octanol–water partition coefficient (Wildman–Crippen LogP) is -0.684. The van der Waals surface area contributed by atoms with Crippen LogP contribution >= 0.6 is 0 Å². The van der Waals surface area contributed by atoms with Gasteiger partial charge in [-0.25, -0.2) is 0 Å². The number of carbonyl (C=O) groups is 1. The molecule has 2 N–H and O–H groups in total. The van der Waals surface area contributed by atoms with E-state index in [4.69, 9.17) is 5.73 Å². The summed E-state index contributed by atoms with van der Waals surface area (Å²) in [6.45, 7) is 1.76. The number of carbonyl (C=O) groups excluding carboxylic acids is 1. The summed E-state index contributed by atoms with van der Waals surface area (Å²) >= 11 is 0. The first-order valence-electron chi connectivity index (χ1n) is 5.02. The van der Waals surface area contributed by atoms with Crippen LogP contribution in [0.5, 0.6) is 0 Å². The summed E-state index contributed by atoms with van der Waals surface area (Å²) in [4.78, 5) is 13.8. The highest BCUT2D eigenvalue weighted by Gasteiger charge is 2.50. The molecule has 0 bridgehead atoms. The van der Waals surface area contributed by atoms with Crippen LogP contribution < -0.4 is 5.73 Å². The maximum atomic E-state index is 12.0. The number of rotatable bonds is 2. The van der Waals surface area contributed by atoms with Crippen LogP contribution in [0.3, 0.4) is 0 Å². The summed E-state index contributed by atoms with van der Waals surface area (Å²) < 4.78 is 11.1. The average Bonchev–Trinajstić information content (AvgIpc) is 2.99. The molecule has 80 valence electrons. The molecule has 0 spiro atoms. The minimum atomic E-state index is -0.711. The molecule has 0 atom stereocenters. The molecule has 2 rings (SSSR count). The van der Waals surface area contributed by atoms with Crippen LogP contribution in [-0.2, 0) is 15.6 Å². The van der Waals surface area contributed by atoms with Crippen molar-refractivity contribution in [2.75, 3.05) is 31.1 Å². The van der Waals surface area contributed by atoms with E-state index >= 15 is 0 Å². The van der Waals surface area contributed by atoms with Gasteiger partial charge in [0.25, 0.3) is 0 Å². The van der Waals surface area contributed by atoms with Crippen molar-refractivity contribution in [3.05, 3.63) is 0 Å². The fraction of sp³-hybridized carbons (Fsp3) is 0.889. The standard InChI is InChI=1S/C9H16N2O2S/c10-7-9(1-2-9)8(12)11-3-5-14(13)6-4-11/h1-7,10H2. The first-order chi connectivity index (χ1) is 6.68. The number of hydrogen-bond donors (Lipinski definition) is 1. The van der Waals surface area contributed by atoms with Gasteiger partial charge >= 0.3 is 0 Å². The molecule has 1 amide bonds. The van der Waals surface area contributed by atoms with Gasteiger partial charge < -0.3 is 10.6 Å². The molecule has 4 nitrogen and oxygen atoms in total. The van der Waals surface area contributed by atoms with Gasteiger partial charge in [-0.2, -0.15) is 0 Å². The molecule has 1 saturated heterocycles. The fourth-order valence-corrected chi connectivity index (χ4v) is 2.88. The lowest BCUT2D eigenvalue weighted by Crippen LogP contribution is -2.47. The zero-order chi connectivity index (χ0) is 10.2. The van der Waals surface area contributed by atoms with Crippen molar-refractivity contribution in [1.29, 1.82) is 0 Å². The largest absolute Gasteiger partial charge is 0.340 e. The zero-order valence-corrected chi connectivity index (χ0v) is 9.02. The topological polar surface area (TPSA) is 63.4 Å². The number of nitrogens with zero attached hydrogens (tertiary/aromatic N) is 1. The second-order valence-corrected chi connectivity index (χ2v) is 5.82. The van der Waals surface area contributed by atoms with E-state index in [0.717, 1.165) is 12.8 Å². The van der Waals surface area contributed by atoms with Gasteiger partial charge in [0, 0.05) is 41.9 Å². The Bertz CT molecular complexity index is 266. The molecule has 1 heterocycles. The van der Waals surface area contributed by atoms with E-state index in [1.165, 1.54) is 0 Å². The second-order valence-electron chi connectivity index (χ2n) is 4.12. The summed E-state index contributed by atoms with van der Waals surface area (Å²) in [6, 6.07) is 0. The van der Waals surface area contributed by atoms with Gasteiger partial charge in [-0.1, -0.05) is 0 Å². The van der Waals surface area contributed by atoms with E-state index in [0.29, 0.717) is 31.1 Å².